The van der Waals surface area contributed by atoms with Gasteiger partial charge in [-0.25, -0.2) is 15.0 Å². The number of hydrogen-bond acceptors (Lipinski definition) is 7. The van der Waals surface area contributed by atoms with Crippen LogP contribution in [0.5, 0.6) is 0 Å². The van der Waals surface area contributed by atoms with Gasteiger partial charge in [-0.05, 0) is 18.6 Å². The summed E-state index contributed by atoms with van der Waals surface area (Å²) >= 11 is 12.1. The average Bonchev–Trinajstić information content (AvgIpc) is 3.16. The van der Waals surface area contributed by atoms with Crippen molar-refractivity contribution in [2.75, 3.05) is 17.2 Å². The molecule has 27 heavy (non-hydrogen) atoms. The van der Waals surface area contributed by atoms with Gasteiger partial charge in [0.25, 0.3) is 0 Å². The molecule has 0 aliphatic carbocycles. The number of nitrogens with zero attached hydrogens (tertiary/aromatic N) is 5. The molecule has 0 aliphatic heterocycles. The van der Waals surface area contributed by atoms with Crippen molar-refractivity contribution in [1.29, 1.82) is 0 Å². The molecule has 0 atom stereocenters. The molecule has 0 amide bonds. The van der Waals surface area contributed by atoms with E-state index in [0.29, 0.717) is 17.3 Å². The summed E-state index contributed by atoms with van der Waals surface area (Å²) in [4.78, 5) is 23.0. The predicted molar refractivity (Wildman–Crippen MR) is 104 cm³/mol. The Bertz CT molecular complexity index is 935. The van der Waals surface area contributed by atoms with Crippen molar-refractivity contribution < 1.29 is 4.92 Å². The number of anilines is 3. The lowest BCUT2D eigenvalue weighted by atomic mass is 10.3. The lowest BCUT2D eigenvalue weighted by Crippen LogP contribution is -2.11. The van der Waals surface area contributed by atoms with Crippen molar-refractivity contribution in [2.45, 2.75) is 13.0 Å². The van der Waals surface area contributed by atoms with Crippen LogP contribution in [0.3, 0.4) is 0 Å². The third-order valence-corrected chi connectivity index (χ3v) is 4.47. The van der Waals surface area contributed by atoms with E-state index < -0.39 is 4.92 Å². The summed E-state index contributed by atoms with van der Waals surface area (Å²) in [6, 6.07) is 4.95. The van der Waals surface area contributed by atoms with E-state index in [-0.39, 0.29) is 22.3 Å². The summed E-state index contributed by atoms with van der Waals surface area (Å²) in [6.45, 7) is 1.22. The van der Waals surface area contributed by atoms with E-state index in [1.165, 1.54) is 6.33 Å². The number of imidazole rings is 1. The summed E-state index contributed by atoms with van der Waals surface area (Å²) in [7, 11) is 0. The number of hydrogen-bond donors (Lipinski definition) is 2. The minimum atomic E-state index is -0.543. The van der Waals surface area contributed by atoms with Crippen molar-refractivity contribution in [1.82, 2.24) is 19.5 Å². The van der Waals surface area contributed by atoms with E-state index in [4.69, 9.17) is 23.2 Å². The molecule has 3 rings (SSSR count). The molecule has 11 heteroatoms. The summed E-state index contributed by atoms with van der Waals surface area (Å²) in [5, 5.41) is 18.0. The number of aromatic nitrogens is 4. The number of rotatable bonds is 8. The van der Waals surface area contributed by atoms with Crippen LogP contribution in [-0.2, 0) is 6.54 Å². The maximum atomic E-state index is 11.6. The van der Waals surface area contributed by atoms with Crippen LogP contribution in [0.25, 0.3) is 0 Å². The molecule has 9 nitrogen and oxygen atoms in total. The lowest BCUT2D eigenvalue weighted by molar-refractivity contribution is -0.383. The zero-order chi connectivity index (χ0) is 19.2. The molecule has 2 heterocycles. The number of aryl methyl sites for hydroxylation is 1. The van der Waals surface area contributed by atoms with E-state index in [1.54, 1.807) is 30.7 Å². The molecular formula is C16H15Cl2N7O2. The fourth-order valence-electron chi connectivity index (χ4n) is 2.39. The first-order chi connectivity index (χ1) is 13.1. The third kappa shape index (κ3) is 4.63. The zero-order valence-corrected chi connectivity index (χ0v) is 15.5. The molecule has 2 aromatic heterocycles. The van der Waals surface area contributed by atoms with Gasteiger partial charge in [-0.1, -0.05) is 29.3 Å². The molecule has 0 aliphatic rings. The predicted octanol–water partition coefficient (Wildman–Crippen LogP) is 4.13. The van der Waals surface area contributed by atoms with Gasteiger partial charge in [0.1, 0.15) is 6.33 Å². The Kier molecular flexibility index (Phi) is 6.05. The molecule has 0 fully saturated rings. The normalized spacial score (nSPS) is 10.6. The van der Waals surface area contributed by atoms with Crippen LogP contribution in [0.15, 0.2) is 43.2 Å². The molecule has 0 unspecified atom stereocenters. The highest BCUT2D eigenvalue weighted by atomic mass is 35.5. The number of benzene rings is 1. The number of halogens is 2. The molecule has 0 saturated heterocycles. The monoisotopic (exact) mass is 407 g/mol. The van der Waals surface area contributed by atoms with Gasteiger partial charge in [-0.2, -0.15) is 0 Å². The number of nitro groups is 1. The summed E-state index contributed by atoms with van der Waals surface area (Å²) in [6.07, 6.45) is 7.24. The van der Waals surface area contributed by atoms with Crippen molar-refractivity contribution >= 4 is 46.2 Å². The molecule has 3 aromatic rings. The number of nitrogens with one attached hydrogen (secondary N) is 2. The van der Waals surface area contributed by atoms with Gasteiger partial charge in [0.2, 0.25) is 11.6 Å². The largest absolute Gasteiger partial charge is 0.364 e. The first-order valence-corrected chi connectivity index (χ1v) is 8.72. The average molecular weight is 408 g/mol. The Labute approximate surface area is 164 Å². The zero-order valence-electron chi connectivity index (χ0n) is 14.0. The highest BCUT2D eigenvalue weighted by molar-refractivity contribution is 6.43. The Morgan fingerprint density at radius 1 is 1.22 bits per heavy atom. The van der Waals surface area contributed by atoms with Gasteiger partial charge in [-0.15, -0.1) is 0 Å². The van der Waals surface area contributed by atoms with Crippen molar-refractivity contribution in [3.05, 3.63) is 63.4 Å². The molecule has 2 N–H and O–H groups in total. The SMILES string of the molecule is O=[N+]([O-])c1c(NCCCn2ccnc2)ncnc1Nc1cccc(Cl)c1Cl. The third-order valence-electron chi connectivity index (χ3n) is 3.65. The van der Waals surface area contributed by atoms with Crippen LogP contribution in [0, 0.1) is 10.1 Å². The standard InChI is InChI=1S/C16H15Cl2N7O2/c17-11-3-1-4-12(13(11)18)23-16-14(25(26)27)15(21-9-22-16)20-5-2-7-24-8-6-19-10-24/h1,3-4,6,8-10H,2,5,7H2,(H2,20,21,22,23). The minimum absolute atomic E-state index is 0.0243. The Hall–Kier alpha value is -2.91. The molecular weight excluding hydrogens is 393 g/mol. The minimum Gasteiger partial charge on any atom is -0.364 e. The van der Waals surface area contributed by atoms with Crippen LogP contribution in [-0.4, -0.2) is 31.0 Å². The van der Waals surface area contributed by atoms with E-state index >= 15 is 0 Å². The van der Waals surface area contributed by atoms with Gasteiger partial charge >= 0.3 is 5.69 Å². The van der Waals surface area contributed by atoms with E-state index in [2.05, 4.69) is 25.6 Å². The maximum absolute atomic E-state index is 11.6. The fraction of sp³-hybridized carbons (Fsp3) is 0.188. The smallest absolute Gasteiger partial charge is 0.353 e. The molecule has 0 spiro atoms. The second-order valence-electron chi connectivity index (χ2n) is 5.48. The first-order valence-electron chi connectivity index (χ1n) is 7.96. The van der Waals surface area contributed by atoms with Crippen LogP contribution >= 0.6 is 23.2 Å². The van der Waals surface area contributed by atoms with Crippen LogP contribution in [0.4, 0.5) is 23.0 Å². The summed E-state index contributed by atoms with van der Waals surface area (Å²) in [5.74, 6) is 0.151. The summed E-state index contributed by atoms with van der Waals surface area (Å²) < 4.78 is 1.92. The Morgan fingerprint density at radius 2 is 2.04 bits per heavy atom. The van der Waals surface area contributed by atoms with Gasteiger partial charge in [0.05, 0.1) is 27.0 Å². The topological polar surface area (TPSA) is 111 Å². The highest BCUT2D eigenvalue weighted by Crippen LogP contribution is 2.35. The van der Waals surface area contributed by atoms with Crippen molar-refractivity contribution in [3.63, 3.8) is 0 Å². The summed E-state index contributed by atoms with van der Waals surface area (Å²) in [5.41, 5.74) is 0.146. The lowest BCUT2D eigenvalue weighted by Gasteiger charge is -2.11. The van der Waals surface area contributed by atoms with Crippen molar-refractivity contribution in [3.8, 4) is 0 Å². The maximum Gasteiger partial charge on any atom is 0.353 e. The van der Waals surface area contributed by atoms with Crippen LogP contribution in [0.2, 0.25) is 10.0 Å². The fourth-order valence-corrected chi connectivity index (χ4v) is 2.74. The van der Waals surface area contributed by atoms with Gasteiger partial charge in [-0.3, -0.25) is 10.1 Å². The van der Waals surface area contributed by atoms with Crippen LogP contribution in [0.1, 0.15) is 6.42 Å². The van der Waals surface area contributed by atoms with Crippen LogP contribution < -0.4 is 10.6 Å². The molecule has 0 radical (unpaired) electrons. The van der Waals surface area contributed by atoms with E-state index in [0.717, 1.165) is 13.0 Å². The second-order valence-corrected chi connectivity index (χ2v) is 6.27. The first kappa shape index (κ1) is 18.9. The second kappa shape index (κ2) is 8.65. The quantitative estimate of drug-likeness (QED) is 0.327. The Balaban J connectivity index is 1.76. The Morgan fingerprint density at radius 3 is 2.78 bits per heavy atom. The van der Waals surface area contributed by atoms with E-state index in [9.17, 15) is 10.1 Å². The highest BCUT2D eigenvalue weighted by Gasteiger charge is 2.23. The van der Waals surface area contributed by atoms with Crippen molar-refractivity contribution in [2.24, 2.45) is 0 Å². The van der Waals surface area contributed by atoms with Gasteiger partial charge < -0.3 is 15.2 Å². The molecule has 140 valence electrons. The molecule has 1 aromatic carbocycles. The molecule has 0 saturated carbocycles. The van der Waals surface area contributed by atoms with Gasteiger partial charge in [0.15, 0.2) is 0 Å². The van der Waals surface area contributed by atoms with Gasteiger partial charge in [0, 0.05) is 25.5 Å². The molecule has 0 bridgehead atoms. The van der Waals surface area contributed by atoms with E-state index in [1.807, 2.05) is 10.8 Å².